The average molecular weight is 364 g/mol. The van der Waals surface area contributed by atoms with Crippen molar-refractivity contribution in [3.63, 3.8) is 0 Å². The highest BCUT2D eigenvalue weighted by atomic mass is 31.2. The number of rotatable bonds is 4. The van der Waals surface area contributed by atoms with Crippen LogP contribution in [0, 0.1) is 0 Å². The Morgan fingerprint density at radius 1 is 0.808 bits per heavy atom. The quantitative estimate of drug-likeness (QED) is 0.515. The molecule has 0 spiro atoms. The second kappa shape index (κ2) is 6.54. The van der Waals surface area contributed by atoms with Gasteiger partial charge in [-0.2, -0.15) is 0 Å². The van der Waals surface area contributed by atoms with Gasteiger partial charge in [0.2, 0.25) is 0 Å². The fourth-order valence-electron chi connectivity index (χ4n) is 3.11. The minimum Gasteiger partial charge on any atom is -0.323 e. The molecule has 0 saturated carbocycles. The number of hydrogen-bond acceptors (Lipinski definition) is 3. The average Bonchev–Trinajstić information content (AvgIpc) is 2.65. The Balaban J connectivity index is 1.92. The molecule has 130 valence electrons. The van der Waals surface area contributed by atoms with Gasteiger partial charge < -0.3 is 14.7 Å². The number of pyridine rings is 1. The Morgan fingerprint density at radius 3 is 2.31 bits per heavy atom. The van der Waals surface area contributed by atoms with E-state index in [4.69, 9.17) is 0 Å². The summed E-state index contributed by atoms with van der Waals surface area (Å²) < 4.78 is 11.8. The molecule has 0 aliphatic carbocycles. The molecule has 0 amide bonds. The summed E-state index contributed by atoms with van der Waals surface area (Å²) in [4.78, 5) is 25.5. The lowest BCUT2D eigenvalue weighted by atomic mass is 10.1. The van der Waals surface area contributed by atoms with Gasteiger partial charge in [0.05, 0.1) is 11.2 Å². The summed E-state index contributed by atoms with van der Waals surface area (Å²) in [7, 11) is -4.31. The van der Waals surface area contributed by atoms with Gasteiger partial charge in [-0.3, -0.25) is 4.57 Å². The topological polar surface area (TPSA) is 73.7 Å². The monoisotopic (exact) mass is 364 g/mol. The van der Waals surface area contributed by atoms with Crippen molar-refractivity contribution in [2.45, 2.75) is 0 Å². The lowest BCUT2D eigenvalue weighted by Gasteiger charge is -2.26. The number of hydrogen-bond donors (Lipinski definition) is 2. The summed E-state index contributed by atoms with van der Waals surface area (Å²) >= 11 is 0. The van der Waals surface area contributed by atoms with Gasteiger partial charge in [-0.1, -0.05) is 54.6 Å². The molecule has 0 saturated heterocycles. The summed E-state index contributed by atoms with van der Waals surface area (Å²) in [6.07, 6.45) is -0.438. The summed E-state index contributed by atoms with van der Waals surface area (Å²) in [5.41, 5.74) is 1.50. The lowest BCUT2D eigenvalue weighted by molar-refractivity contribution is 0.373. The van der Waals surface area contributed by atoms with Gasteiger partial charge in [-0.05, 0) is 29.7 Å². The van der Waals surface area contributed by atoms with Crippen LogP contribution >= 0.6 is 7.60 Å². The predicted octanol–water partition coefficient (Wildman–Crippen LogP) is 4.66. The molecule has 6 heteroatoms. The zero-order valence-electron chi connectivity index (χ0n) is 13.9. The highest BCUT2D eigenvalue weighted by Gasteiger charge is 2.23. The maximum absolute atomic E-state index is 11.8. The van der Waals surface area contributed by atoms with E-state index in [1.165, 1.54) is 0 Å². The Kier molecular flexibility index (Phi) is 4.21. The van der Waals surface area contributed by atoms with E-state index in [2.05, 4.69) is 4.98 Å². The molecule has 0 unspecified atom stereocenters. The second-order valence-electron chi connectivity index (χ2n) is 6.09. The SMILES string of the molecule is O=P(O)(O)CN(c1ccc2ccccc2n1)c1cccc2ccccc12. The Hall–Kier alpha value is -2.72. The molecular weight excluding hydrogens is 347 g/mol. The van der Waals surface area contributed by atoms with Crippen molar-refractivity contribution in [2.24, 2.45) is 0 Å². The normalized spacial score (nSPS) is 11.8. The van der Waals surface area contributed by atoms with E-state index in [0.717, 1.165) is 21.7 Å². The fraction of sp³-hybridized carbons (Fsp3) is 0.0500. The van der Waals surface area contributed by atoms with Crippen LogP contribution in [0.4, 0.5) is 11.5 Å². The maximum Gasteiger partial charge on any atom is 0.345 e. The zero-order valence-corrected chi connectivity index (χ0v) is 14.8. The maximum atomic E-state index is 11.8. The lowest BCUT2D eigenvalue weighted by Crippen LogP contribution is -2.20. The molecule has 0 bridgehead atoms. The van der Waals surface area contributed by atoms with Crippen molar-refractivity contribution in [2.75, 3.05) is 11.2 Å². The first-order valence-electron chi connectivity index (χ1n) is 8.17. The minimum absolute atomic E-state index is 0.438. The Labute approximate surface area is 150 Å². The molecular formula is C20H17N2O3P. The van der Waals surface area contributed by atoms with Crippen molar-refractivity contribution in [1.29, 1.82) is 0 Å². The highest BCUT2D eigenvalue weighted by molar-refractivity contribution is 7.51. The van der Waals surface area contributed by atoms with Gasteiger partial charge in [-0.15, -0.1) is 0 Å². The van der Waals surface area contributed by atoms with Crippen LogP contribution in [0.15, 0.2) is 78.9 Å². The van der Waals surface area contributed by atoms with Gasteiger partial charge in [0.1, 0.15) is 12.1 Å². The number of fused-ring (bicyclic) bond motifs is 2. The Bertz CT molecular complexity index is 1130. The van der Waals surface area contributed by atoms with E-state index in [9.17, 15) is 14.4 Å². The van der Waals surface area contributed by atoms with Crippen LogP contribution in [-0.4, -0.2) is 21.1 Å². The van der Waals surface area contributed by atoms with Crippen molar-refractivity contribution in [1.82, 2.24) is 4.98 Å². The molecule has 4 rings (SSSR count). The van der Waals surface area contributed by atoms with E-state index in [0.29, 0.717) is 11.5 Å². The van der Waals surface area contributed by atoms with Crippen molar-refractivity contribution >= 4 is 40.8 Å². The van der Waals surface area contributed by atoms with E-state index in [-0.39, 0.29) is 0 Å². The van der Waals surface area contributed by atoms with Crippen LogP contribution in [-0.2, 0) is 4.57 Å². The van der Waals surface area contributed by atoms with Crippen LogP contribution < -0.4 is 4.90 Å². The highest BCUT2D eigenvalue weighted by Crippen LogP contribution is 2.42. The fourth-order valence-corrected chi connectivity index (χ4v) is 3.77. The molecule has 4 aromatic rings. The minimum atomic E-state index is -4.31. The van der Waals surface area contributed by atoms with Gasteiger partial charge in [0.15, 0.2) is 0 Å². The molecule has 3 aromatic carbocycles. The second-order valence-corrected chi connectivity index (χ2v) is 7.71. The molecule has 2 N–H and O–H groups in total. The van der Waals surface area contributed by atoms with Gasteiger partial charge in [0.25, 0.3) is 0 Å². The third-order valence-electron chi connectivity index (χ3n) is 4.24. The first-order chi connectivity index (χ1) is 12.5. The predicted molar refractivity (Wildman–Crippen MR) is 105 cm³/mol. The summed E-state index contributed by atoms with van der Waals surface area (Å²) in [6.45, 7) is 0. The molecule has 0 atom stereocenters. The van der Waals surface area contributed by atoms with Gasteiger partial charge in [-0.25, -0.2) is 4.98 Å². The van der Waals surface area contributed by atoms with E-state index in [1.807, 2.05) is 72.8 Å². The van der Waals surface area contributed by atoms with Crippen molar-refractivity contribution in [3.05, 3.63) is 78.9 Å². The van der Waals surface area contributed by atoms with Crippen LogP contribution in [0.3, 0.4) is 0 Å². The Morgan fingerprint density at radius 2 is 1.50 bits per heavy atom. The van der Waals surface area contributed by atoms with Crippen molar-refractivity contribution < 1.29 is 14.4 Å². The van der Waals surface area contributed by atoms with E-state index < -0.39 is 13.9 Å². The van der Waals surface area contributed by atoms with Crippen LogP contribution in [0.25, 0.3) is 21.7 Å². The largest absolute Gasteiger partial charge is 0.345 e. The third-order valence-corrected chi connectivity index (χ3v) is 4.89. The molecule has 0 aliphatic rings. The summed E-state index contributed by atoms with van der Waals surface area (Å²) in [6, 6.07) is 24.8. The first-order valence-corrected chi connectivity index (χ1v) is 9.97. The standard InChI is InChI=1S/C20H17N2O3P/c23-26(24,25)14-22(19-11-5-8-15-6-1-3-9-17(15)19)20-13-12-16-7-2-4-10-18(16)21-20/h1-13H,14H2,(H2,23,24,25). The summed E-state index contributed by atoms with van der Waals surface area (Å²) in [5.74, 6) is 0.503. The van der Waals surface area contributed by atoms with Gasteiger partial charge in [0, 0.05) is 10.8 Å². The van der Waals surface area contributed by atoms with Gasteiger partial charge >= 0.3 is 7.60 Å². The molecule has 1 heterocycles. The van der Waals surface area contributed by atoms with E-state index >= 15 is 0 Å². The number of para-hydroxylation sites is 1. The molecule has 26 heavy (non-hydrogen) atoms. The number of anilines is 2. The van der Waals surface area contributed by atoms with E-state index in [1.54, 1.807) is 11.0 Å². The third kappa shape index (κ3) is 3.33. The molecule has 5 nitrogen and oxygen atoms in total. The molecule has 0 radical (unpaired) electrons. The first kappa shape index (κ1) is 16.7. The zero-order chi connectivity index (χ0) is 18.1. The number of aromatic nitrogens is 1. The molecule has 0 aliphatic heterocycles. The van der Waals surface area contributed by atoms with Crippen LogP contribution in [0.5, 0.6) is 0 Å². The smallest absolute Gasteiger partial charge is 0.323 e. The van der Waals surface area contributed by atoms with Crippen LogP contribution in [0.2, 0.25) is 0 Å². The summed E-state index contributed by atoms with van der Waals surface area (Å²) in [5, 5.41) is 2.89. The van der Waals surface area contributed by atoms with Crippen LogP contribution in [0.1, 0.15) is 0 Å². The molecule has 1 aromatic heterocycles. The number of benzene rings is 3. The number of nitrogens with zero attached hydrogens (tertiary/aromatic N) is 2. The molecule has 0 fully saturated rings. The van der Waals surface area contributed by atoms with Crippen molar-refractivity contribution in [3.8, 4) is 0 Å².